The average Bonchev–Trinajstić information content (AvgIpc) is 3.54. The second-order valence-electron chi connectivity index (χ2n) is 11.2. The Morgan fingerprint density at radius 1 is 0.977 bits per heavy atom. The zero-order valence-electron chi connectivity index (χ0n) is 23.3. The highest BCUT2D eigenvalue weighted by Crippen LogP contribution is 2.46. The minimum Gasteiger partial charge on any atom is -0.508 e. The van der Waals surface area contributed by atoms with Crippen LogP contribution < -0.4 is 5.73 Å². The molecule has 5 aromatic rings. The van der Waals surface area contributed by atoms with Crippen molar-refractivity contribution in [3.05, 3.63) is 84.6 Å². The fourth-order valence-corrected chi connectivity index (χ4v) is 7.67. The Morgan fingerprint density at radius 3 is 2.37 bits per heavy atom. The number of nitrogen functional groups attached to an aromatic ring is 1. The molecular weight excluding hydrogens is 566 g/mol. The van der Waals surface area contributed by atoms with Gasteiger partial charge in [0.1, 0.15) is 22.2 Å². The molecule has 11 nitrogen and oxygen atoms in total. The fraction of sp³-hybridized carbons (Fsp3) is 0.258. The molecule has 0 saturated carbocycles. The lowest BCUT2D eigenvalue weighted by molar-refractivity contribution is 0.0561. The van der Waals surface area contributed by atoms with Crippen molar-refractivity contribution in [3.8, 4) is 28.1 Å². The zero-order chi connectivity index (χ0) is 29.9. The van der Waals surface area contributed by atoms with Crippen LogP contribution in [-0.4, -0.2) is 67.2 Å². The number of sulfone groups is 1. The number of anilines is 1. The van der Waals surface area contributed by atoms with Crippen LogP contribution in [0.1, 0.15) is 47.8 Å². The predicted molar refractivity (Wildman–Crippen MR) is 160 cm³/mol. The number of carbonyl (C=O) groups excluding carboxylic acids is 1. The van der Waals surface area contributed by atoms with Gasteiger partial charge in [0.05, 0.1) is 17.6 Å². The number of aromatic nitrogens is 5. The highest BCUT2D eigenvalue weighted by molar-refractivity contribution is 7.91. The van der Waals surface area contributed by atoms with Crippen LogP contribution in [-0.2, 0) is 9.84 Å². The van der Waals surface area contributed by atoms with Gasteiger partial charge in [-0.2, -0.15) is 9.61 Å². The molecule has 2 bridgehead atoms. The third-order valence-corrected chi connectivity index (χ3v) is 9.66. The first kappa shape index (κ1) is 27.0. The quantitative estimate of drug-likeness (QED) is 0.305. The topological polar surface area (TPSA) is 157 Å². The van der Waals surface area contributed by atoms with Gasteiger partial charge in [-0.05, 0) is 37.8 Å². The summed E-state index contributed by atoms with van der Waals surface area (Å²) in [5, 5.41) is 14.3. The van der Waals surface area contributed by atoms with Crippen molar-refractivity contribution in [1.29, 1.82) is 0 Å². The van der Waals surface area contributed by atoms with Gasteiger partial charge in [0.15, 0.2) is 15.5 Å². The van der Waals surface area contributed by atoms with E-state index in [4.69, 9.17) is 10.7 Å². The number of hydrogen-bond acceptors (Lipinski definition) is 9. The summed E-state index contributed by atoms with van der Waals surface area (Å²) in [4.78, 5) is 29.0. The van der Waals surface area contributed by atoms with E-state index >= 15 is 0 Å². The van der Waals surface area contributed by atoms with Crippen LogP contribution >= 0.6 is 0 Å². The number of pyridine rings is 2. The smallest absolute Gasteiger partial charge is 0.273 e. The van der Waals surface area contributed by atoms with E-state index in [9.17, 15) is 18.3 Å². The predicted octanol–water partition coefficient (Wildman–Crippen LogP) is 4.10. The van der Waals surface area contributed by atoms with Crippen LogP contribution in [0.2, 0.25) is 0 Å². The molecule has 6 heterocycles. The van der Waals surface area contributed by atoms with Gasteiger partial charge in [-0.25, -0.2) is 13.4 Å². The molecule has 3 atom stereocenters. The Balaban J connectivity index is 1.27. The first-order valence-electron chi connectivity index (χ1n) is 14.1. The number of aromatic hydroxyl groups is 1. The summed E-state index contributed by atoms with van der Waals surface area (Å²) in [6.07, 6.45) is 8.55. The van der Waals surface area contributed by atoms with E-state index in [0.717, 1.165) is 35.9 Å². The molecule has 2 fully saturated rings. The standard InChI is InChI=1S/C31H29N7O4S/c1-43(41,42)28-27(20-13-21-8-9-22(14-20)37(21)31(40)26-15-23(39)11-12-33-26)36-30-24(17-35-38(30)29(28)32)19-7-10-25(34-16-19)18-5-3-2-4-6-18/h2-7,10-12,15-17,20-22H,8-9,13-14,32H2,1H3,(H,33,39)/t20-,21+,22-. The minimum atomic E-state index is -3.77. The lowest BCUT2D eigenvalue weighted by atomic mass is 9.87. The summed E-state index contributed by atoms with van der Waals surface area (Å²) in [7, 11) is -3.77. The number of carbonyl (C=O) groups is 1. The zero-order valence-corrected chi connectivity index (χ0v) is 24.1. The van der Waals surface area contributed by atoms with Crippen LogP contribution in [0.25, 0.3) is 28.0 Å². The number of piperidine rings is 1. The van der Waals surface area contributed by atoms with E-state index in [1.54, 1.807) is 12.4 Å². The second kappa shape index (κ2) is 10.2. The second-order valence-corrected chi connectivity index (χ2v) is 13.2. The molecule has 0 spiro atoms. The van der Waals surface area contributed by atoms with Gasteiger partial charge >= 0.3 is 0 Å². The first-order valence-corrected chi connectivity index (χ1v) is 15.9. The van der Waals surface area contributed by atoms with Gasteiger partial charge < -0.3 is 15.7 Å². The van der Waals surface area contributed by atoms with Gasteiger partial charge in [-0.15, -0.1) is 0 Å². The highest BCUT2D eigenvalue weighted by Gasteiger charge is 2.46. The van der Waals surface area contributed by atoms with Crippen molar-refractivity contribution >= 4 is 27.2 Å². The number of nitrogens with two attached hydrogens (primary N) is 1. The largest absolute Gasteiger partial charge is 0.508 e. The monoisotopic (exact) mass is 595 g/mol. The third-order valence-electron chi connectivity index (χ3n) is 8.50. The van der Waals surface area contributed by atoms with Gasteiger partial charge in [0.25, 0.3) is 5.91 Å². The SMILES string of the molecule is CS(=O)(=O)c1c([C@H]2C[C@H]3CC[C@@H](C2)N3C(=O)c2cc(O)ccn2)nc2c(-c3ccc(-c4ccccc4)nc3)cnn2c1N. The van der Waals surface area contributed by atoms with Gasteiger partial charge in [0.2, 0.25) is 0 Å². The van der Waals surface area contributed by atoms with Crippen LogP contribution in [0.15, 0.2) is 78.1 Å². The molecule has 4 aromatic heterocycles. The van der Waals surface area contributed by atoms with Crippen molar-refractivity contribution in [2.75, 3.05) is 12.0 Å². The molecular formula is C31H29N7O4S. The summed E-state index contributed by atoms with van der Waals surface area (Å²) in [5.74, 6) is -0.486. The summed E-state index contributed by atoms with van der Waals surface area (Å²) in [5.41, 5.74) is 10.8. The maximum atomic E-state index is 13.4. The average molecular weight is 596 g/mol. The normalized spacial score (nSPS) is 20.0. The van der Waals surface area contributed by atoms with E-state index < -0.39 is 9.84 Å². The fourth-order valence-electron chi connectivity index (χ4n) is 6.61. The Bertz CT molecular complexity index is 1960. The van der Waals surface area contributed by atoms with Crippen molar-refractivity contribution in [2.24, 2.45) is 0 Å². The maximum absolute atomic E-state index is 13.4. The molecule has 43 heavy (non-hydrogen) atoms. The molecule has 7 rings (SSSR count). The lowest BCUT2D eigenvalue weighted by Crippen LogP contribution is -2.46. The van der Waals surface area contributed by atoms with Gasteiger partial charge in [-0.1, -0.05) is 36.4 Å². The Morgan fingerprint density at radius 2 is 1.72 bits per heavy atom. The lowest BCUT2D eigenvalue weighted by Gasteiger charge is -2.39. The molecule has 2 saturated heterocycles. The van der Waals surface area contributed by atoms with E-state index in [2.05, 4.69) is 15.1 Å². The van der Waals surface area contributed by atoms with E-state index in [-0.39, 0.29) is 46.1 Å². The first-order chi connectivity index (χ1) is 20.7. The van der Waals surface area contributed by atoms with Crippen LogP contribution in [0.3, 0.4) is 0 Å². The molecule has 12 heteroatoms. The summed E-state index contributed by atoms with van der Waals surface area (Å²) >= 11 is 0. The molecule has 2 aliphatic rings. The molecule has 0 unspecified atom stereocenters. The minimum absolute atomic E-state index is 0.0115. The third kappa shape index (κ3) is 4.67. The summed E-state index contributed by atoms with van der Waals surface area (Å²) in [6, 6.07) is 16.3. The number of rotatable bonds is 5. The van der Waals surface area contributed by atoms with Crippen molar-refractivity contribution < 1.29 is 18.3 Å². The van der Waals surface area contributed by atoms with Crippen LogP contribution in [0.5, 0.6) is 5.75 Å². The number of fused-ring (bicyclic) bond motifs is 3. The van der Waals surface area contributed by atoms with Gasteiger partial charge in [-0.3, -0.25) is 14.8 Å². The Kier molecular flexibility index (Phi) is 6.38. The Labute approximate surface area is 248 Å². The number of nitrogens with zero attached hydrogens (tertiary/aromatic N) is 6. The molecule has 218 valence electrons. The number of benzene rings is 1. The molecule has 3 N–H and O–H groups in total. The molecule has 0 radical (unpaired) electrons. The van der Waals surface area contributed by atoms with E-state index in [1.807, 2.05) is 47.4 Å². The molecule has 0 aliphatic carbocycles. The van der Waals surface area contributed by atoms with Crippen molar-refractivity contribution in [3.63, 3.8) is 0 Å². The molecule has 2 aliphatic heterocycles. The van der Waals surface area contributed by atoms with E-state index in [0.29, 0.717) is 29.7 Å². The highest BCUT2D eigenvalue weighted by atomic mass is 32.2. The summed E-state index contributed by atoms with van der Waals surface area (Å²) in [6.45, 7) is 0. The Hall–Kier alpha value is -4.84. The van der Waals surface area contributed by atoms with Crippen LogP contribution in [0, 0.1) is 0 Å². The van der Waals surface area contributed by atoms with Gasteiger partial charge in [0, 0.05) is 59.4 Å². The summed E-state index contributed by atoms with van der Waals surface area (Å²) < 4.78 is 27.6. The molecule has 1 aromatic carbocycles. The van der Waals surface area contributed by atoms with E-state index in [1.165, 1.54) is 22.8 Å². The number of hydrogen-bond donors (Lipinski definition) is 2. The molecule has 1 amide bonds. The van der Waals surface area contributed by atoms with Crippen LogP contribution in [0.4, 0.5) is 5.82 Å². The van der Waals surface area contributed by atoms with Crippen molar-refractivity contribution in [1.82, 2.24) is 29.5 Å². The maximum Gasteiger partial charge on any atom is 0.273 e. The van der Waals surface area contributed by atoms with Crippen molar-refractivity contribution in [2.45, 2.75) is 48.6 Å². The number of amides is 1.